The first-order valence-electron chi connectivity index (χ1n) is 9.69. The molecule has 134 valence electrons. The van der Waals surface area contributed by atoms with Gasteiger partial charge in [0.05, 0.1) is 0 Å². The summed E-state index contributed by atoms with van der Waals surface area (Å²) in [6.45, 7) is 12.2. The summed E-state index contributed by atoms with van der Waals surface area (Å²) in [5.41, 5.74) is 3.85. The van der Waals surface area contributed by atoms with Gasteiger partial charge < -0.3 is 9.80 Å². The highest BCUT2D eigenvalue weighted by atomic mass is 15.2. The quantitative estimate of drug-likeness (QED) is 0.695. The first-order valence-corrected chi connectivity index (χ1v) is 9.69. The first kappa shape index (κ1) is 19.0. The Morgan fingerprint density at radius 2 is 1.39 bits per heavy atom. The van der Waals surface area contributed by atoms with Gasteiger partial charge in [0.15, 0.2) is 0 Å². The molecule has 2 rings (SSSR count). The van der Waals surface area contributed by atoms with Crippen molar-refractivity contribution in [2.24, 2.45) is 23.7 Å². The molecule has 4 unspecified atom stereocenters. The van der Waals surface area contributed by atoms with Crippen molar-refractivity contribution in [3.05, 3.63) is 11.1 Å². The van der Waals surface area contributed by atoms with Crippen LogP contribution in [-0.2, 0) is 0 Å². The third kappa shape index (κ3) is 3.26. The van der Waals surface area contributed by atoms with E-state index in [-0.39, 0.29) is 5.54 Å². The molecule has 0 heterocycles. The standard InChI is InChI=1S/C21H40N2/c1-14(2)16-10-11-18(22(6)7)20-19(16)17(15(3)4)12-13-21(20,5)23(8)9/h14-18H,10-13H2,1-9H3. The van der Waals surface area contributed by atoms with E-state index in [1.165, 1.54) is 25.7 Å². The van der Waals surface area contributed by atoms with Crippen LogP contribution in [-0.4, -0.2) is 49.6 Å². The number of hydrogen-bond acceptors (Lipinski definition) is 2. The van der Waals surface area contributed by atoms with Crippen LogP contribution in [0.1, 0.15) is 60.3 Å². The Bertz CT molecular complexity index is 435. The molecule has 0 aromatic rings. The predicted molar refractivity (Wildman–Crippen MR) is 102 cm³/mol. The molecule has 2 aliphatic carbocycles. The van der Waals surface area contributed by atoms with E-state index >= 15 is 0 Å². The average molecular weight is 321 g/mol. The molecule has 2 heteroatoms. The minimum atomic E-state index is 0.225. The molecule has 0 spiro atoms. The molecule has 0 amide bonds. The summed E-state index contributed by atoms with van der Waals surface area (Å²) in [7, 11) is 9.12. The van der Waals surface area contributed by atoms with E-state index in [1.54, 1.807) is 5.57 Å². The monoisotopic (exact) mass is 320 g/mol. The zero-order valence-electron chi connectivity index (χ0n) is 17.1. The molecule has 0 radical (unpaired) electrons. The van der Waals surface area contributed by atoms with Gasteiger partial charge in [0.1, 0.15) is 0 Å². The second-order valence-electron chi connectivity index (χ2n) is 9.33. The van der Waals surface area contributed by atoms with E-state index in [1.807, 2.05) is 5.57 Å². The molecule has 4 atom stereocenters. The molecule has 23 heavy (non-hydrogen) atoms. The van der Waals surface area contributed by atoms with Crippen LogP contribution in [0, 0.1) is 23.7 Å². The Hall–Kier alpha value is -0.340. The molecule has 0 N–H and O–H groups in total. The molecule has 0 fully saturated rings. The maximum Gasteiger partial charge on any atom is 0.0404 e. The summed E-state index contributed by atoms with van der Waals surface area (Å²) in [5.74, 6) is 3.09. The first-order chi connectivity index (χ1) is 10.6. The lowest BCUT2D eigenvalue weighted by molar-refractivity contribution is 0.110. The van der Waals surface area contributed by atoms with Gasteiger partial charge in [-0.1, -0.05) is 33.3 Å². The van der Waals surface area contributed by atoms with Crippen molar-refractivity contribution >= 4 is 0 Å². The molecule has 0 saturated heterocycles. The number of hydrogen-bond donors (Lipinski definition) is 0. The Kier molecular flexibility index (Phi) is 5.68. The fraction of sp³-hybridized carbons (Fsp3) is 0.905. The number of allylic oxidation sites excluding steroid dienone is 1. The normalized spacial score (nSPS) is 35.6. The molecule has 2 nitrogen and oxygen atoms in total. The largest absolute Gasteiger partial charge is 0.303 e. The highest BCUT2D eigenvalue weighted by molar-refractivity contribution is 5.39. The summed E-state index contributed by atoms with van der Waals surface area (Å²) in [4.78, 5) is 4.98. The maximum absolute atomic E-state index is 2.50. The van der Waals surface area contributed by atoms with Crippen molar-refractivity contribution in [2.75, 3.05) is 28.2 Å². The lowest BCUT2D eigenvalue weighted by Crippen LogP contribution is -2.55. The fourth-order valence-corrected chi connectivity index (χ4v) is 5.27. The number of likely N-dealkylation sites (N-methyl/N-ethyl adjacent to an activating group) is 2. The van der Waals surface area contributed by atoms with Gasteiger partial charge in [-0.3, -0.25) is 0 Å². The summed E-state index contributed by atoms with van der Waals surface area (Å²) < 4.78 is 0. The molecule has 0 aromatic carbocycles. The maximum atomic E-state index is 2.50. The van der Waals surface area contributed by atoms with Gasteiger partial charge in [-0.2, -0.15) is 0 Å². The molecule has 0 saturated carbocycles. The van der Waals surface area contributed by atoms with E-state index in [0.717, 1.165) is 23.7 Å². The highest BCUT2D eigenvalue weighted by Gasteiger charge is 2.48. The predicted octanol–water partition coefficient (Wildman–Crippen LogP) is 4.67. The number of nitrogens with zero attached hydrogens (tertiary/aromatic N) is 2. The fourth-order valence-electron chi connectivity index (χ4n) is 5.27. The van der Waals surface area contributed by atoms with Gasteiger partial charge in [-0.05, 0) is 90.0 Å². The summed E-state index contributed by atoms with van der Waals surface area (Å²) in [6.07, 6.45) is 5.35. The van der Waals surface area contributed by atoms with Gasteiger partial charge in [0.25, 0.3) is 0 Å². The molecule has 2 aliphatic rings. The Labute approximate surface area is 145 Å². The van der Waals surface area contributed by atoms with Crippen LogP contribution in [0.5, 0.6) is 0 Å². The second kappa shape index (κ2) is 6.88. The van der Waals surface area contributed by atoms with Crippen LogP contribution >= 0.6 is 0 Å². The molecule has 0 aliphatic heterocycles. The van der Waals surface area contributed by atoms with Gasteiger partial charge in [-0.25, -0.2) is 0 Å². The van der Waals surface area contributed by atoms with E-state index in [2.05, 4.69) is 72.6 Å². The van der Waals surface area contributed by atoms with Crippen LogP contribution in [0.2, 0.25) is 0 Å². The summed E-state index contributed by atoms with van der Waals surface area (Å²) in [6, 6.07) is 0.619. The SMILES string of the molecule is CC(C)C1CCC(N(C)C)C2=C1C(C(C)C)CCC2(C)N(C)C. The zero-order chi connectivity index (χ0) is 17.5. The van der Waals surface area contributed by atoms with Crippen LogP contribution in [0.15, 0.2) is 11.1 Å². The summed E-state index contributed by atoms with van der Waals surface area (Å²) >= 11 is 0. The Morgan fingerprint density at radius 1 is 0.870 bits per heavy atom. The topological polar surface area (TPSA) is 6.48 Å². The van der Waals surface area contributed by atoms with Crippen LogP contribution < -0.4 is 0 Å². The van der Waals surface area contributed by atoms with Crippen LogP contribution in [0.3, 0.4) is 0 Å². The van der Waals surface area contributed by atoms with Crippen molar-refractivity contribution in [1.29, 1.82) is 0 Å². The molecular weight excluding hydrogens is 280 g/mol. The second-order valence-corrected chi connectivity index (χ2v) is 9.33. The molecule has 0 bridgehead atoms. The van der Waals surface area contributed by atoms with E-state index in [9.17, 15) is 0 Å². The van der Waals surface area contributed by atoms with E-state index < -0.39 is 0 Å². The third-order valence-electron chi connectivity index (χ3n) is 6.94. The Balaban J connectivity index is 2.67. The van der Waals surface area contributed by atoms with Gasteiger partial charge in [-0.15, -0.1) is 0 Å². The summed E-state index contributed by atoms with van der Waals surface area (Å²) in [5, 5.41) is 0. The smallest absolute Gasteiger partial charge is 0.0404 e. The van der Waals surface area contributed by atoms with Crippen molar-refractivity contribution in [1.82, 2.24) is 9.80 Å². The van der Waals surface area contributed by atoms with Crippen molar-refractivity contribution in [3.8, 4) is 0 Å². The van der Waals surface area contributed by atoms with Gasteiger partial charge in [0.2, 0.25) is 0 Å². The lowest BCUT2D eigenvalue weighted by atomic mass is 9.58. The molecule has 0 aromatic heterocycles. The Morgan fingerprint density at radius 3 is 1.83 bits per heavy atom. The van der Waals surface area contributed by atoms with Crippen LogP contribution in [0.4, 0.5) is 0 Å². The van der Waals surface area contributed by atoms with Crippen molar-refractivity contribution < 1.29 is 0 Å². The lowest BCUT2D eigenvalue weighted by Gasteiger charge is -2.54. The van der Waals surface area contributed by atoms with Gasteiger partial charge in [0, 0.05) is 11.6 Å². The van der Waals surface area contributed by atoms with Crippen molar-refractivity contribution in [2.45, 2.75) is 71.9 Å². The minimum Gasteiger partial charge on any atom is -0.303 e. The third-order valence-corrected chi connectivity index (χ3v) is 6.94. The number of rotatable bonds is 4. The van der Waals surface area contributed by atoms with Crippen molar-refractivity contribution in [3.63, 3.8) is 0 Å². The van der Waals surface area contributed by atoms with Crippen LogP contribution in [0.25, 0.3) is 0 Å². The van der Waals surface area contributed by atoms with E-state index in [4.69, 9.17) is 0 Å². The average Bonchev–Trinajstić information content (AvgIpc) is 2.45. The molecular formula is C21H40N2. The van der Waals surface area contributed by atoms with Gasteiger partial charge >= 0.3 is 0 Å². The highest BCUT2D eigenvalue weighted by Crippen LogP contribution is 2.52. The zero-order valence-corrected chi connectivity index (χ0v) is 17.1. The minimum absolute atomic E-state index is 0.225. The van der Waals surface area contributed by atoms with E-state index in [0.29, 0.717) is 6.04 Å².